The largest absolute Gasteiger partial charge is 0.472 e. The summed E-state index contributed by atoms with van der Waals surface area (Å²) in [6.07, 6.45) is 58.2. The van der Waals surface area contributed by atoms with Crippen molar-refractivity contribution in [3.63, 3.8) is 0 Å². The first-order valence-corrected chi connectivity index (χ1v) is 44.3. The second-order valence-electron chi connectivity index (χ2n) is 30.2. The Morgan fingerprint density at radius 1 is 0.273 bits per heavy atom. The highest BCUT2D eigenvalue weighted by atomic mass is 31.2. The van der Waals surface area contributed by atoms with Crippen LogP contribution in [0.1, 0.15) is 414 Å². The molecule has 0 aliphatic carbocycles. The molecule has 0 spiro atoms. The number of esters is 4. The molecule has 0 aromatic heterocycles. The van der Waals surface area contributed by atoms with Gasteiger partial charge in [-0.2, -0.15) is 0 Å². The fourth-order valence-electron chi connectivity index (χ4n) is 12.3. The summed E-state index contributed by atoms with van der Waals surface area (Å²) in [5.41, 5.74) is 0. The van der Waals surface area contributed by atoms with Gasteiger partial charge in [-0.05, 0) is 43.4 Å². The number of hydrogen-bond donors (Lipinski definition) is 3. The molecular weight excluding hydrogens is 1290 g/mol. The molecule has 0 fully saturated rings. The molecule has 0 saturated heterocycles. The Balaban J connectivity index is 5.25. The second kappa shape index (κ2) is 70.4. The predicted octanol–water partition coefficient (Wildman–Crippen LogP) is 23.7. The van der Waals surface area contributed by atoms with Crippen molar-refractivity contribution in [1.29, 1.82) is 0 Å². The third-order valence-electron chi connectivity index (χ3n) is 18.6. The van der Waals surface area contributed by atoms with Crippen LogP contribution in [0.3, 0.4) is 0 Å². The van der Waals surface area contributed by atoms with Crippen LogP contribution in [-0.4, -0.2) is 96.7 Å². The second-order valence-corrected chi connectivity index (χ2v) is 33.1. The molecule has 0 aliphatic heterocycles. The van der Waals surface area contributed by atoms with Crippen molar-refractivity contribution in [2.45, 2.75) is 433 Å². The van der Waals surface area contributed by atoms with E-state index in [-0.39, 0.29) is 25.7 Å². The van der Waals surface area contributed by atoms with E-state index in [9.17, 15) is 43.2 Å². The van der Waals surface area contributed by atoms with Crippen LogP contribution in [-0.2, 0) is 65.4 Å². The van der Waals surface area contributed by atoms with Gasteiger partial charge < -0.3 is 33.8 Å². The van der Waals surface area contributed by atoms with Gasteiger partial charge in [-0.15, -0.1) is 0 Å². The molecule has 0 aromatic carbocycles. The number of hydrogen-bond acceptors (Lipinski definition) is 15. The maximum atomic E-state index is 13.1. The molecule has 588 valence electrons. The van der Waals surface area contributed by atoms with Gasteiger partial charge in [-0.1, -0.05) is 363 Å². The number of carbonyl (C=O) groups is 4. The number of aliphatic hydroxyl groups is 1. The van der Waals surface area contributed by atoms with E-state index in [2.05, 4.69) is 48.5 Å². The van der Waals surface area contributed by atoms with Crippen molar-refractivity contribution in [2.75, 3.05) is 39.6 Å². The van der Waals surface area contributed by atoms with Crippen molar-refractivity contribution in [3.05, 3.63) is 0 Å². The van der Waals surface area contributed by atoms with Crippen LogP contribution in [0.15, 0.2) is 0 Å². The van der Waals surface area contributed by atoms with Gasteiger partial charge in [0.2, 0.25) is 0 Å². The van der Waals surface area contributed by atoms with Crippen LogP contribution in [0.5, 0.6) is 0 Å². The van der Waals surface area contributed by atoms with Gasteiger partial charge >= 0.3 is 39.5 Å². The topological polar surface area (TPSA) is 237 Å². The Kier molecular flexibility index (Phi) is 69.0. The SMILES string of the molecule is CCCCCCCCCCCCCCC(=O)OC[C@H](COP(=O)(O)OC[C@H](O)COP(=O)(O)OC[C@@H](COC(=O)CCCCCCCCCCCCCCC(C)C)OC(=O)CCCCCCCCCCCCCCCCCCC(C)C)OC(=O)CCCCCCCCCCCCC(C)C. The summed E-state index contributed by atoms with van der Waals surface area (Å²) in [4.78, 5) is 73.0. The van der Waals surface area contributed by atoms with Crippen LogP contribution in [0.2, 0.25) is 0 Å². The lowest BCUT2D eigenvalue weighted by atomic mass is 10.0. The van der Waals surface area contributed by atoms with Gasteiger partial charge in [0.15, 0.2) is 12.2 Å². The van der Waals surface area contributed by atoms with Gasteiger partial charge in [0.05, 0.1) is 26.4 Å². The summed E-state index contributed by atoms with van der Waals surface area (Å²) in [6.45, 7) is 12.0. The molecule has 0 heterocycles. The molecule has 3 N–H and O–H groups in total. The Morgan fingerprint density at radius 2 is 0.465 bits per heavy atom. The summed E-state index contributed by atoms with van der Waals surface area (Å²) >= 11 is 0. The molecular formula is C80H156O17P2. The Bertz CT molecular complexity index is 1920. The van der Waals surface area contributed by atoms with Crippen molar-refractivity contribution >= 4 is 39.5 Å². The van der Waals surface area contributed by atoms with Crippen LogP contribution < -0.4 is 0 Å². The smallest absolute Gasteiger partial charge is 0.462 e. The van der Waals surface area contributed by atoms with E-state index in [4.69, 9.17) is 37.0 Å². The molecule has 99 heavy (non-hydrogen) atoms. The zero-order valence-electron chi connectivity index (χ0n) is 65.0. The summed E-state index contributed by atoms with van der Waals surface area (Å²) < 4.78 is 68.7. The molecule has 0 aromatic rings. The summed E-state index contributed by atoms with van der Waals surface area (Å²) in [5.74, 6) is 0.232. The summed E-state index contributed by atoms with van der Waals surface area (Å²) in [6, 6.07) is 0. The number of carbonyl (C=O) groups excluding carboxylic acids is 4. The lowest BCUT2D eigenvalue weighted by Crippen LogP contribution is -2.30. The van der Waals surface area contributed by atoms with Crippen LogP contribution >= 0.6 is 15.6 Å². The Hall–Kier alpha value is -1.94. The van der Waals surface area contributed by atoms with Gasteiger partial charge in [0.25, 0.3) is 0 Å². The first kappa shape index (κ1) is 97.1. The van der Waals surface area contributed by atoms with E-state index in [1.807, 2.05) is 0 Å². The number of rotatable bonds is 78. The molecule has 0 saturated carbocycles. The number of aliphatic hydroxyl groups excluding tert-OH is 1. The first-order valence-electron chi connectivity index (χ1n) is 41.3. The van der Waals surface area contributed by atoms with Crippen LogP contribution in [0.25, 0.3) is 0 Å². The van der Waals surface area contributed by atoms with Gasteiger partial charge in [0.1, 0.15) is 19.3 Å². The zero-order chi connectivity index (χ0) is 73.0. The molecule has 0 aliphatic rings. The minimum absolute atomic E-state index is 0.106. The minimum Gasteiger partial charge on any atom is -0.462 e. The highest BCUT2D eigenvalue weighted by Crippen LogP contribution is 2.45. The summed E-state index contributed by atoms with van der Waals surface area (Å²) in [7, 11) is -9.92. The van der Waals surface area contributed by atoms with E-state index in [1.54, 1.807) is 0 Å². The van der Waals surface area contributed by atoms with E-state index >= 15 is 0 Å². The number of unbranched alkanes of at least 4 members (excludes halogenated alkanes) is 46. The van der Waals surface area contributed by atoms with Crippen LogP contribution in [0.4, 0.5) is 0 Å². The van der Waals surface area contributed by atoms with E-state index < -0.39 is 97.5 Å². The highest BCUT2D eigenvalue weighted by Gasteiger charge is 2.30. The first-order chi connectivity index (χ1) is 47.7. The standard InChI is InChI=1S/C80H156O17P2/c1-8-9-10-11-12-13-14-25-33-40-47-54-61-77(82)90-68-76(97-80(85)64-57-50-43-36-29-28-32-39-46-53-60-73(6)7)70-95-99(88,89)93-66-74(81)65-92-98(86,87)94-69-75(67-91-78(83)62-55-48-41-34-26-22-21-24-31-38-45-52-59-72(4)5)96-79(84)63-56-49-42-35-27-20-18-16-15-17-19-23-30-37-44-51-58-71(2)3/h71-76,81H,8-70H2,1-7H3,(H,86,87)(H,88,89)/t74-,75-,76-/m1/s1. The molecule has 17 nitrogen and oxygen atoms in total. The lowest BCUT2D eigenvalue weighted by Gasteiger charge is -2.21. The van der Waals surface area contributed by atoms with Crippen molar-refractivity contribution in [1.82, 2.24) is 0 Å². The number of phosphoric acid groups is 2. The monoisotopic (exact) mass is 1450 g/mol. The normalized spacial score (nSPS) is 14.0. The fraction of sp³-hybridized carbons (Fsp3) is 0.950. The molecule has 19 heteroatoms. The lowest BCUT2D eigenvalue weighted by molar-refractivity contribution is -0.161. The molecule has 0 amide bonds. The third kappa shape index (κ3) is 74.1. The minimum atomic E-state index is -4.96. The van der Waals surface area contributed by atoms with Crippen LogP contribution in [0, 0.1) is 17.8 Å². The Labute approximate surface area is 607 Å². The van der Waals surface area contributed by atoms with Gasteiger partial charge in [-0.3, -0.25) is 37.3 Å². The van der Waals surface area contributed by atoms with Gasteiger partial charge in [0, 0.05) is 25.7 Å². The predicted molar refractivity (Wildman–Crippen MR) is 405 cm³/mol. The Morgan fingerprint density at radius 3 is 0.687 bits per heavy atom. The van der Waals surface area contributed by atoms with Crippen molar-refractivity contribution < 1.29 is 80.2 Å². The fourth-order valence-corrected chi connectivity index (χ4v) is 13.9. The van der Waals surface area contributed by atoms with E-state index in [0.29, 0.717) is 25.7 Å². The van der Waals surface area contributed by atoms with Gasteiger partial charge in [-0.25, -0.2) is 9.13 Å². The molecule has 0 radical (unpaired) electrons. The average molecular weight is 1450 g/mol. The third-order valence-corrected chi connectivity index (χ3v) is 20.5. The number of phosphoric ester groups is 2. The maximum absolute atomic E-state index is 13.1. The maximum Gasteiger partial charge on any atom is 0.472 e. The number of ether oxygens (including phenoxy) is 4. The molecule has 0 bridgehead atoms. The molecule has 5 atom stereocenters. The van der Waals surface area contributed by atoms with Crippen molar-refractivity contribution in [2.24, 2.45) is 17.8 Å². The summed E-state index contributed by atoms with van der Waals surface area (Å²) in [5, 5.41) is 10.6. The van der Waals surface area contributed by atoms with E-state index in [1.165, 1.54) is 225 Å². The highest BCUT2D eigenvalue weighted by molar-refractivity contribution is 7.47. The van der Waals surface area contributed by atoms with E-state index in [0.717, 1.165) is 108 Å². The quantitative estimate of drug-likeness (QED) is 0.0222. The molecule has 2 unspecified atom stereocenters. The molecule has 0 rings (SSSR count). The zero-order valence-corrected chi connectivity index (χ0v) is 66.8. The average Bonchev–Trinajstić information content (AvgIpc) is 1.06. The van der Waals surface area contributed by atoms with Crippen molar-refractivity contribution in [3.8, 4) is 0 Å².